The number of aliphatic hydroxyl groups is 1. The number of aromatic nitrogens is 5. The Kier molecular flexibility index (Phi) is 7.62. The highest BCUT2D eigenvalue weighted by Gasteiger charge is 2.22. The van der Waals surface area contributed by atoms with Crippen molar-refractivity contribution in [1.82, 2.24) is 24.5 Å². The molecule has 4 heterocycles. The Morgan fingerprint density at radius 3 is 2.50 bits per heavy atom. The van der Waals surface area contributed by atoms with Crippen LogP contribution in [0.2, 0.25) is 5.02 Å². The summed E-state index contributed by atoms with van der Waals surface area (Å²) in [5.41, 5.74) is 2.06. The molecule has 0 amide bonds. The van der Waals surface area contributed by atoms with Gasteiger partial charge in [-0.15, -0.1) is 0 Å². The summed E-state index contributed by atoms with van der Waals surface area (Å²) in [6, 6.07) is 6.50. The normalized spacial score (nSPS) is 11.7. The largest absolute Gasteiger partial charge is 0.485 e. The van der Waals surface area contributed by atoms with Gasteiger partial charge < -0.3 is 9.84 Å². The molecule has 4 aromatic rings. The van der Waals surface area contributed by atoms with Crippen molar-refractivity contribution in [3.8, 4) is 22.8 Å². The van der Waals surface area contributed by atoms with Crippen molar-refractivity contribution in [2.75, 3.05) is 0 Å². The molecular formula is C28H29ClFN5O3. The second kappa shape index (κ2) is 10.6. The molecule has 4 aromatic heterocycles. The minimum absolute atomic E-state index is 0.0894. The highest BCUT2D eigenvalue weighted by Crippen LogP contribution is 2.30. The second-order valence-electron chi connectivity index (χ2n) is 9.95. The highest BCUT2D eigenvalue weighted by molar-refractivity contribution is 6.31. The van der Waals surface area contributed by atoms with Gasteiger partial charge in [-0.05, 0) is 62.9 Å². The van der Waals surface area contributed by atoms with Crippen LogP contribution in [0.5, 0.6) is 5.75 Å². The third kappa shape index (κ3) is 5.58. The Labute approximate surface area is 225 Å². The number of aryl methyl sites for hydroxylation is 2. The second-order valence-corrected chi connectivity index (χ2v) is 10.3. The molecule has 0 saturated heterocycles. The number of rotatable bonds is 7. The molecule has 1 N–H and O–H groups in total. The summed E-state index contributed by atoms with van der Waals surface area (Å²) >= 11 is 6.50. The fourth-order valence-corrected chi connectivity index (χ4v) is 4.06. The number of halogens is 2. The van der Waals surface area contributed by atoms with E-state index in [0.717, 1.165) is 5.56 Å². The molecule has 0 aromatic carbocycles. The van der Waals surface area contributed by atoms with Crippen LogP contribution in [-0.2, 0) is 12.2 Å². The van der Waals surface area contributed by atoms with Crippen molar-refractivity contribution >= 4 is 11.6 Å². The predicted molar refractivity (Wildman–Crippen MR) is 143 cm³/mol. The lowest BCUT2D eigenvalue weighted by Gasteiger charge is -2.21. The van der Waals surface area contributed by atoms with E-state index in [4.69, 9.17) is 16.3 Å². The third-order valence-corrected chi connectivity index (χ3v) is 6.28. The average Bonchev–Trinajstić information content (AvgIpc) is 2.85. The summed E-state index contributed by atoms with van der Waals surface area (Å²) in [7, 11) is 0. The van der Waals surface area contributed by atoms with Crippen molar-refractivity contribution in [3.63, 3.8) is 0 Å². The molecule has 0 aliphatic heterocycles. The molecule has 10 heteroatoms. The van der Waals surface area contributed by atoms with Gasteiger partial charge in [-0.1, -0.05) is 25.4 Å². The number of ether oxygens (including phenoxy) is 1. The van der Waals surface area contributed by atoms with E-state index in [1.54, 1.807) is 57.6 Å². The smallest absolute Gasteiger partial charge is 0.277 e. The topological polar surface area (TPSA) is 103 Å². The quantitative estimate of drug-likeness (QED) is 0.335. The molecule has 0 aliphatic rings. The standard InChI is InChI=1S/C28H29ClFN5O3/c1-15(2)22-11-24(38-14-21-18(30)9-16(3)12-32-21)25(29)26(36)35(22)23-10-20(33-13-17(23)4)19-7-8-31-27(34-19)28(5,6)37/h7-13,15,37H,14H2,1-6H3. The van der Waals surface area contributed by atoms with Gasteiger partial charge in [-0.2, -0.15) is 0 Å². The van der Waals surface area contributed by atoms with E-state index in [2.05, 4.69) is 19.9 Å². The summed E-state index contributed by atoms with van der Waals surface area (Å²) in [4.78, 5) is 30.8. The van der Waals surface area contributed by atoms with E-state index in [0.29, 0.717) is 28.3 Å². The van der Waals surface area contributed by atoms with Gasteiger partial charge in [0.15, 0.2) is 5.82 Å². The first-order valence-corrected chi connectivity index (χ1v) is 12.5. The Morgan fingerprint density at radius 2 is 1.84 bits per heavy atom. The van der Waals surface area contributed by atoms with E-state index in [1.165, 1.54) is 10.6 Å². The van der Waals surface area contributed by atoms with E-state index in [1.807, 2.05) is 20.8 Å². The number of hydrogen-bond donors (Lipinski definition) is 1. The van der Waals surface area contributed by atoms with Gasteiger partial charge in [0.2, 0.25) is 0 Å². The molecule has 38 heavy (non-hydrogen) atoms. The SMILES string of the molecule is Cc1cnc(COc2cc(C(C)C)n(-c3cc(-c4ccnc(C(C)(C)O)n4)ncc3C)c(=O)c2Cl)c(F)c1. The van der Waals surface area contributed by atoms with Crippen LogP contribution in [0.15, 0.2) is 47.7 Å². The minimum atomic E-state index is -1.23. The lowest BCUT2D eigenvalue weighted by molar-refractivity contribution is 0.0688. The first kappa shape index (κ1) is 27.3. The lowest BCUT2D eigenvalue weighted by Crippen LogP contribution is -2.25. The summed E-state index contributed by atoms with van der Waals surface area (Å²) < 4.78 is 21.6. The molecule has 0 radical (unpaired) electrons. The number of nitrogens with zero attached hydrogens (tertiary/aromatic N) is 5. The Morgan fingerprint density at radius 1 is 1.11 bits per heavy atom. The monoisotopic (exact) mass is 537 g/mol. The van der Waals surface area contributed by atoms with Crippen molar-refractivity contribution in [1.29, 1.82) is 0 Å². The Hall–Kier alpha value is -3.69. The fraction of sp³-hybridized carbons (Fsp3) is 0.321. The molecule has 0 bridgehead atoms. The molecule has 0 atom stereocenters. The van der Waals surface area contributed by atoms with Crippen LogP contribution in [-0.4, -0.2) is 29.6 Å². The van der Waals surface area contributed by atoms with Crippen molar-refractivity contribution < 1.29 is 14.2 Å². The van der Waals surface area contributed by atoms with Crippen molar-refractivity contribution in [2.24, 2.45) is 0 Å². The average molecular weight is 538 g/mol. The summed E-state index contributed by atoms with van der Waals surface area (Å²) in [5.74, 6) is -0.177. The molecule has 0 fully saturated rings. The van der Waals surface area contributed by atoms with E-state index in [9.17, 15) is 14.3 Å². The van der Waals surface area contributed by atoms with Gasteiger partial charge in [0.05, 0.1) is 17.1 Å². The fourth-order valence-electron chi connectivity index (χ4n) is 3.87. The number of pyridine rings is 3. The zero-order valence-corrected chi connectivity index (χ0v) is 22.8. The van der Waals surface area contributed by atoms with Gasteiger partial charge in [0.25, 0.3) is 5.56 Å². The first-order chi connectivity index (χ1) is 17.9. The molecule has 4 rings (SSSR count). The summed E-state index contributed by atoms with van der Waals surface area (Å²) in [6.07, 6.45) is 4.75. The van der Waals surface area contributed by atoms with Crippen molar-refractivity contribution in [3.05, 3.63) is 92.4 Å². The molecule has 0 unspecified atom stereocenters. The van der Waals surface area contributed by atoms with Gasteiger partial charge in [-0.3, -0.25) is 19.3 Å². The van der Waals surface area contributed by atoms with Gasteiger partial charge in [0.1, 0.15) is 34.5 Å². The zero-order valence-electron chi connectivity index (χ0n) is 22.1. The van der Waals surface area contributed by atoms with Crippen LogP contribution in [0.3, 0.4) is 0 Å². The molecule has 0 aliphatic carbocycles. The molecule has 0 saturated carbocycles. The van der Waals surface area contributed by atoms with Crippen LogP contribution < -0.4 is 10.3 Å². The van der Waals surface area contributed by atoms with E-state index in [-0.39, 0.29) is 34.8 Å². The summed E-state index contributed by atoms with van der Waals surface area (Å²) in [5, 5.41) is 10.2. The third-order valence-electron chi connectivity index (χ3n) is 5.94. The van der Waals surface area contributed by atoms with Crippen LogP contribution >= 0.6 is 11.6 Å². The van der Waals surface area contributed by atoms with Gasteiger partial charge in [-0.25, -0.2) is 14.4 Å². The molecule has 0 spiro atoms. The van der Waals surface area contributed by atoms with Crippen LogP contribution in [0.25, 0.3) is 17.1 Å². The minimum Gasteiger partial charge on any atom is -0.485 e. The van der Waals surface area contributed by atoms with Gasteiger partial charge in [0, 0.05) is 30.4 Å². The van der Waals surface area contributed by atoms with E-state index < -0.39 is 17.0 Å². The maximum absolute atomic E-state index is 14.3. The van der Waals surface area contributed by atoms with Crippen LogP contribution in [0, 0.1) is 19.7 Å². The van der Waals surface area contributed by atoms with Crippen molar-refractivity contribution in [2.45, 2.75) is 59.7 Å². The maximum Gasteiger partial charge on any atom is 0.277 e. The molecule has 198 valence electrons. The predicted octanol–water partition coefficient (Wildman–Crippen LogP) is 5.42. The first-order valence-electron chi connectivity index (χ1n) is 12.1. The highest BCUT2D eigenvalue weighted by atomic mass is 35.5. The van der Waals surface area contributed by atoms with Crippen LogP contribution in [0.1, 0.15) is 62.0 Å². The number of hydrogen-bond acceptors (Lipinski definition) is 7. The van der Waals surface area contributed by atoms with Crippen LogP contribution in [0.4, 0.5) is 4.39 Å². The van der Waals surface area contributed by atoms with E-state index >= 15 is 0 Å². The molecular weight excluding hydrogens is 509 g/mol. The van der Waals surface area contributed by atoms with Gasteiger partial charge >= 0.3 is 0 Å². The summed E-state index contributed by atoms with van der Waals surface area (Å²) in [6.45, 7) is 10.5. The zero-order chi connectivity index (χ0) is 27.8. The Bertz CT molecular complexity index is 1560. The molecule has 8 nitrogen and oxygen atoms in total. The lowest BCUT2D eigenvalue weighted by atomic mass is 10.1. The Balaban J connectivity index is 1.79. The maximum atomic E-state index is 14.3.